The van der Waals surface area contributed by atoms with E-state index in [0.717, 1.165) is 38.5 Å². The van der Waals surface area contributed by atoms with Gasteiger partial charge in [-0.3, -0.25) is 4.79 Å². The van der Waals surface area contributed by atoms with E-state index in [4.69, 9.17) is 18.6 Å². The van der Waals surface area contributed by atoms with Crippen molar-refractivity contribution in [2.24, 2.45) is 22.7 Å². The molecule has 7 heteroatoms. The van der Waals surface area contributed by atoms with Crippen LogP contribution in [0.3, 0.4) is 0 Å². The molecule has 196 valence electrons. The molecule has 7 atom stereocenters. The first-order valence-electron chi connectivity index (χ1n) is 13.5. The summed E-state index contributed by atoms with van der Waals surface area (Å²) in [4.78, 5) is 12.3. The van der Waals surface area contributed by atoms with E-state index >= 15 is 0 Å². The molecular formula is C27H48O6Si. The number of aliphatic hydroxyl groups is 1. The molecule has 6 nitrogen and oxygen atoms in total. The second-order valence-electron chi connectivity index (χ2n) is 13.5. The Hall–Kier alpha value is -0.473. The maximum absolute atomic E-state index is 12.3. The third kappa shape index (κ3) is 4.21. The summed E-state index contributed by atoms with van der Waals surface area (Å²) in [7, 11) is -1.90. The Morgan fingerprint density at radius 3 is 2.18 bits per heavy atom. The second-order valence-corrected chi connectivity index (χ2v) is 18.3. The molecule has 1 N–H and O–H groups in total. The van der Waals surface area contributed by atoms with Crippen molar-refractivity contribution < 1.29 is 28.5 Å². The van der Waals surface area contributed by atoms with Gasteiger partial charge in [0.25, 0.3) is 0 Å². The standard InChI is InChI=1S/C27H48O6Si/c1-18(28)32-23-20(10-13-26(6)21(23)11-14-27(26)30-15-16-31-27)25(5)12-9-19(17-22(25)29)33-34(7,8)24(2,3)4/h19-23,29H,9-17H2,1-8H3/t19-,20?,21?,22-,23+,25+,26-/m0/s1. The molecule has 0 radical (unpaired) electrons. The van der Waals surface area contributed by atoms with E-state index in [9.17, 15) is 9.90 Å². The predicted octanol–water partition coefficient (Wildman–Crippen LogP) is 5.43. The first-order chi connectivity index (χ1) is 15.7. The lowest BCUT2D eigenvalue weighted by atomic mass is 9.53. The van der Waals surface area contributed by atoms with Crippen LogP contribution in [0.4, 0.5) is 0 Å². The number of hydrogen-bond donors (Lipinski definition) is 1. The van der Waals surface area contributed by atoms with E-state index in [2.05, 4.69) is 47.7 Å². The summed E-state index contributed by atoms with van der Waals surface area (Å²) in [6.07, 6.45) is 5.53. The minimum atomic E-state index is -1.90. The summed E-state index contributed by atoms with van der Waals surface area (Å²) in [5, 5.41) is 11.7. The van der Waals surface area contributed by atoms with E-state index in [-0.39, 0.29) is 45.9 Å². The lowest BCUT2D eigenvalue weighted by Crippen LogP contribution is -2.59. The fraction of sp³-hybridized carbons (Fsp3) is 0.963. The first-order valence-corrected chi connectivity index (χ1v) is 16.4. The largest absolute Gasteiger partial charge is 0.462 e. The van der Waals surface area contributed by atoms with Crippen molar-refractivity contribution in [2.45, 2.75) is 129 Å². The van der Waals surface area contributed by atoms with Crippen LogP contribution >= 0.6 is 0 Å². The molecule has 0 bridgehead atoms. The molecule has 34 heavy (non-hydrogen) atoms. The van der Waals surface area contributed by atoms with Crippen molar-refractivity contribution in [1.82, 2.24) is 0 Å². The van der Waals surface area contributed by atoms with Crippen molar-refractivity contribution in [3.05, 3.63) is 0 Å². The molecule has 3 aliphatic carbocycles. The molecule has 0 amide bonds. The van der Waals surface area contributed by atoms with E-state index in [1.165, 1.54) is 6.92 Å². The van der Waals surface area contributed by atoms with Crippen LogP contribution in [0.5, 0.6) is 0 Å². The zero-order chi connectivity index (χ0) is 25.2. The van der Waals surface area contributed by atoms with Crippen molar-refractivity contribution >= 4 is 14.3 Å². The SMILES string of the molecule is CC(=O)O[C@H]1C2CCC3(OCCO3)[C@@]2(C)CCC1[C@@]1(C)CC[C@H](O[Si](C)(C)C(C)(C)C)C[C@@H]1O. The van der Waals surface area contributed by atoms with Crippen molar-refractivity contribution in [3.8, 4) is 0 Å². The molecule has 0 aromatic rings. The van der Waals surface area contributed by atoms with Crippen molar-refractivity contribution in [2.75, 3.05) is 13.2 Å². The number of hydrogen-bond acceptors (Lipinski definition) is 6. The Labute approximate surface area is 207 Å². The third-order valence-electron chi connectivity index (χ3n) is 10.7. The highest BCUT2D eigenvalue weighted by molar-refractivity contribution is 6.74. The molecule has 2 unspecified atom stereocenters. The van der Waals surface area contributed by atoms with Crippen LogP contribution in [0.15, 0.2) is 0 Å². The lowest BCUT2D eigenvalue weighted by Gasteiger charge is -2.56. The molecule has 0 aromatic carbocycles. The summed E-state index contributed by atoms with van der Waals surface area (Å²) in [5.41, 5.74) is -0.480. The Kier molecular flexibility index (Phi) is 6.90. The summed E-state index contributed by atoms with van der Waals surface area (Å²) in [6, 6.07) is 0. The highest BCUT2D eigenvalue weighted by Gasteiger charge is 2.67. The number of rotatable bonds is 4. The normalized spacial score (nSPS) is 42.6. The summed E-state index contributed by atoms with van der Waals surface area (Å²) in [5.74, 6) is -0.482. The third-order valence-corrected chi connectivity index (χ3v) is 15.2. The molecule has 0 aromatic heterocycles. The Morgan fingerprint density at radius 1 is 1.00 bits per heavy atom. The van der Waals surface area contributed by atoms with Crippen LogP contribution in [0.25, 0.3) is 0 Å². The van der Waals surface area contributed by atoms with Gasteiger partial charge >= 0.3 is 5.97 Å². The van der Waals surface area contributed by atoms with Gasteiger partial charge in [0.05, 0.1) is 19.3 Å². The molecule has 4 aliphatic rings. The molecule has 3 saturated carbocycles. The Balaban J connectivity index is 1.54. The molecule has 1 heterocycles. The Bertz CT molecular complexity index is 772. The van der Waals surface area contributed by atoms with Gasteiger partial charge in [-0.05, 0) is 56.7 Å². The zero-order valence-corrected chi connectivity index (χ0v) is 23.7. The van der Waals surface area contributed by atoms with Gasteiger partial charge in [0.2, 0.25) is 0 Å². The van der Waals surface area contributed by atoms with Gasteiger partial charge in [-0.25, -0.2) is 0 Å². The van der Waals surface area contributed by atoms with Crippen LogP contribution in [0, 0.1) is 22.7 Å². The topological polar surface area (TPSA) is 74.2 Å². The highest BCUT2D eigenvalue weighted by atomic mass is 28.4. The maximum Gasteiger partial charge on any atom is 0.302 e. The van der Waals surface area contributed by atoms with Crippen LogP contribution in [-0.2, 0) is 23.4 Å². The number of carbonyl (C=O) groups excluding carboxylic acids is 1. The van der Waals surface area contributed by atoms with E-state index in [1.807, 2.05) is 0 Å². The van der Waals surface area contributed by atoms with Gasteiger partial charge in [0, 0.05) is 42.1 Å². The average molecular weight is 497 g/mol. The fourth-order valence-corrected chi connectivity index (χ4v) is 8.83. The monoisotopic (exact) mass is 496 g/mol. The first kappa shape index (κ1) is 26.6. The Morgan fingerprint density at radius 2 is 1.62 bits per heavy atom. The van der Waals surface area contributed by atoms with Gasteiger partial charge in [-0.15, -0.1) is 0 Å². The summed E-state index contributed by atoms with van der Waals surface area (Å²) >= 11 is 0. The van der Waals surface area contributed by atoms with Crippen LogP contribution in [-0.4, -0.2) is 56.7 Å². The summed E-state index contributed by atoms with van der Waals surface area (Å²) in [6.45, 7) is 18.6. The number of carbonyl (C=O) groups is 1. The average Bonchev–Trinajstić information content (AvgIpc) is 3.30. The van der Waals surface area contributed by atoms with E-state index < -0.39 is 20.2 Å². The molecule has 1 saturated heterocycles. The lowest BCUT2D eigenvalue weighted by molar-refractivity contribution is -0.254. The fourth-order valence-electron chi connectivity index (χ4n) is 7.43. The number of aliphatic hydroxyl groups excluding tert-OH is 1. The van der Waals surface area contributed by atoms with Gasteiger partial charge < -0.3 is 23.7 Å². The maximum atomic E-state index is 12.3. The van der Waals surface area contributed by atoms with Crippen molar-refractivity contribution in [3.63, 3.8) is 0 Å². The van der Waals surface area contributed by atoms with Crippen molar-refractivity contribution in [1.29, 1.82) is 0 Å². The predicted molar refractivity (Wildman–Crippen MR) is 134 cm³/mol. The van der Waals surface area contributed by atoms with Crippen LogP contribution in [0.1, 0.15) is 86.5 Å². The highest BCUT2D eigenvalue weighted by Crippen LogP contribution is 2.65. The molecular weight excluding hydrogens is 448 g/mol. The molecule has 4 rings (SSSR count). The minimum absolute atomic E-state index is 0.0973. The van der Waals surface area contributed by atoms with Gasteiger partial charge in [0.1, 0.15) is 6.10 Å². The number of fused-ring (bicyclic) bond motifs is 2. The number of esters is 1. The smallest absolute Gasteiger partial charge is 0.302 e. The minimum Gasteiger partial charge on any atom is -0.462 e. The second kappa shape index (κ2) is 8.82. The van der Waals surface area contributed by atoms with Crippen LogP contribution in [0.2, 0.25) is 18.1 Å². The van der Waals surface area contributed by atoms with Gasteiger partial charge in [-0.2, -0.15) is 0 Å². The zero-order valence-electron chi connectivity index (χ0n) is 22.7. The molecule has 1 spiro atoms. The summed E-state index contributed by atoms with van der Waals surface area (Å²) < 4.78 is 25.2. The van der Waals surface area contributed by atoms with E-state index in [1.54, 1.807) is 0 Å². The van der Waals surface area contributed by atoms with Crippen LogP contribution < -0.4 is 0 Å². The van der Waals surface area contributed by atoms with E-state index in [0.29, 0.717) is 19.6 Å². The number of ether oxygens (including phenoxy) is 3. The quantitative estimate of drug-likeness (QED) is 0.413. The van der Waals surface area contributed by atoms with Gasteiger partial charge in [-0.1, -0.05) is 34.6 Å². The molecule has 1 aliphatic heterocycles. The van der Waals surface area contributed by atoms with Gasteiger partial charge in [0.15, 0.2) is 14.1 Å². The molecule has 4 fully saturated rings.